The number of amides is 3. The molecule has 1 N–H and O–H groups in total. The summed E-state index contributed by atoms with van der Waals surface area (Å²) in [7, 11) is 5.20. The van der Waals surface area contributed by atoms with Crippen LogP contribution in [0.25, 0.3) is 6.08 Å². The quantitative estimate of drug-likeness (QED) is 0.595. The fourth-order valence-electron chi connectivity index (χ4n) is 4.65. The standard InChI is InChI=1S/C27H32FN5O4/c1-18-15-21(32(5)26(35)31(3)4)16-19(2)23(18)9-14-36-33-12-10-27(11-13-33)25(34)29-24(30-27)20-7-6-8-22(17-20)37-28/h6-9,14-17H,10-13H2,1-5H3,(H,29,30,34)/b14-9+. The van der Waals surface area contributed by atoms with Gasteiger partial charge in [0.05, 0.1) is 0 Å². The lowest BCUT2D eigenvalue weighted by molar-refractivity contribution is -0.139. The van der Waals surface area contributed by atoms with E-state index in [2.05, 4.69) is 15.3 Å². The van der Waals surface area contributed by atoms with Crippen molar-refractivity contribution >= 4 is 29.5 Å². The van der Waals surface area contributed by atoms with Crippen molar-refractivity contribution in [2.45, 2.75) is 32.2 Å². The number of piperidine rings is 1. The van der Waals surface area contributed by atoms with E-state index in [1.807, 2.05) is 37.1 Å². The number of aryl methyl sites for hydroxylation is 2. The van der Waals surface area contributed by atoms with E-state index in [1.165, 1.54) is 17.0 Å². The molecule has 10 heteroatoms. The Hall–Kier alpha value is -3.92. The average Bonchev–Trinajstić information content (AvgIpc) is 3.21. The molecule has 0 unspecified atom stereocenters. The van der Waals surface area contributed by atoms with E-state index in [9.17, 15) is 14.1 Å². The van der Waals surface area contributed by atoms with Crippen LogP contribution in [-0.4, -0.2) is 67.5 Å². The van der Waals surface area contributed by atoms with Crippen LogP contribution in [0.2, 0.25) is 0 Å². The number of nitrogens with one attached hydrogen (secondary N) is 1. The first-order valence-corrected chi connectivity index (χ1v) is 12.1. The first kappa shape index (κ1) is 26.2. The molecule has 0 aliphatic carbocycles. The maximum absolute atomic E-state index is 12.8. The molecule has 2 aliphatic rings. The number of urea groups is 1. The summed E-state index contributed by atoms with van der Waals surface area (Å²) in [6.07, 6.45) is 4.54. The van der Waals surface area contributed by atoms with Crippen LogP contribution in [0, 0.1) is 13.8 Å². The number of aliphatic imine (C=N–C) groups is 1. The first-order chi connectivity index (χ1) is 17.6. The summed E-state index contributed by atoms with van der Waals surface area (Å²) < 4.78 is 12.6. The minimum atomic E-state index is -0.857. The van der Waals surface area contributed by atoms with Crippen molar-refractivity contribution in [3.05, 3.63) is 64.9 Å². The minimum absolute atomic E-state index is 0.0552. The van der Waals surface area contributed by atoms with Gasteiger partial charge in [-0.05, 0) is 73.7 Å². The van der Waals surface area contributed by atoms with Crippen LogP contribution in [-0.2, 0) is 9.63 Å². The molecular formula is C27H32FN5O4. The summed E-state index contributed by atoms with van der Waals surface area (Å²) in [5, 5.41) is 4.64. The van der Waals surface area contributed by atoms with Crippen LogP contribution >= 0.6 is 0 Å². The van der Waals surface area contributed by atoms with E-state index < -0.39 is 5.54 Å². The molecule has 196 valence electrons. The summed E-state index contributed by atoms with van der Waals surface area (Å²) >= 11 is 0. The number of hydrogen-bond acceptors (Lipinski definition) is 6. The van der Waals surface area contributed by atoms with E-state index in [1.54, 1.807) is 44.4 Å². The Kier molecular flexibility index (Phi) is 7.49. The van der Waals surface area contributed by atoms with Crippen LogP contribution in [0.5, 0.6) is 5.75 Å². The summed E-state index contributed by atoms with van der Waals surface area (Å²) in [5.41, 5.74) is 3.63. The van der Waals surface area contributed by atoms with Crippen molar-refractivity contribution in [2.75, 3.05) is 39.1 Å². The van der Waals surface area contributed by atoms with Crippen LogP contribution in [0.4, 0.5) is 15.0 Å². The fourth-order valence-corrected chi connectivity index (χ4v) is 4.65. The Morgan fingerprint density at radius 1 is 1.14 bits per heavy atom. The highest BCUT2D eigenvalue weighted by atomic mass is 19.3. The van der Waals surface area contributed by atoms with Crippen molar-refractivity contribution in [1.82, 2.24) is 15.3 Å². The molecule has 0 radical (unpaired) electrons. The number of benzene rings is 2. The third kappa shape index (κ3) is 5.43. The second-order valence-electron chi connectivity index (χ2n) is 9.62. The van der Waals surface area contributed by atoms with Gasteiger partial charge in [-0.1, -0.05) is 12.1 Å². The maximum Gasteiger partial charge on any atom is 0.323 e. The lowest BCUT2D eigenvalue weighted by Crippen LogP contribution is -2.48. The molecule has 1 saturated heterocycles. The number of anilines is 1. The Bertz CT molecular complexity index is 1230. The van der Waals surface area contributed by atoms with Gasteiger partial charge in [0.1, 0.15) is 17.6 Å². The molecule has 37 heavy (non-hydrogen) atoms. The maximum atomic E-state index is 12.8. The van der Waals surface area contributed by atoms with Crippen LogP contribution in [0.15, 0.2) is 47.7 Å². The molecule has 0 saturated carbocycles. The predicted octanol–water partition coefficient (Wildman–Crippen LogP) is 4.00. The summed E-state index contributed by atoms with van der Waals surface area (Å²) in [6, 6.07) is 10.2. The molecule has 0 aromatic heterocycles. The first-order valence-electron chi connectivity index (χ1n) is 12.1. The molecule has 3 amide bonds. The lowest BCUT2D eigenvalue weighted by Gasteiger charge is -2.33. The summed E-state index contributed by atoms with van der Waals surface area (Å²) in [6.45, 7) is 5.05. The zero-order valence-corrected chi connectivity index (χ0v) is 21.7. The largest absolute Gasteiger partial charge is 0.414 e. The Morgan fingerprint density at radius 3 is 2.43 bits per heavy atom. The molecule has 2 aliphatic heterocycles. The van der Waals surface area contributed by atoms with E-state index in [0.29, 0.717) is 37.3 Å². The van der Waals surface area contributed by atoms with Gasteiger partial charge in [0.15, 0.2) is 5.75 Å². The number of halogens is 1. The van der Waals surface area contributed by atoms with Gasteiger partial charge < -0.3 is 15.1 Å². The normalized spacial score (nSPS) is 17.0. The molecule has 0 atom stereocenters. The minimum Gasteiger partial charge on any atom is -0.414 e. The number of carbonyl (C=O) groups excluding carboxylic acids is 2. The van der Waals surface area contributed by atoms with Crippen LogP contribution in [0.1, 0.15) is 35.1 Å². The Balaban J connectivity index is 1.38. The second kappa shape index (κ2) is 10.6. The van der Waals surface area contributed by atoms with Crippen molar-refractivity contribution in [3.8, 4) is 5.75 Å². The number of carbonyl (C=O) groups is 2. The smallest absolute Gasteiger partial charge is 0.323 e. The highest BCUT2D eigenvalue weighted by Crippen LogP contribution is 2.32. The van der Waals surface area contributed by atoms with E-state index in [4.69, 9.17) is 4.84 Å². The molecule has 2 aromatic carbocycles. The van der Waals surface area contributed by atoms with Gasteiger partial charge in [0.2, 0.25) is 0 Å². The molecule has 2 aromatic rings. The average molecular weight is 510 g/mol. The van der Waals surface area contributed by atoms with Crippen LogP contribution < -0.4 is 15.2 Å². The topological polar surface area (TPSA) is 86.7 Å². The number of rotatable bonds is 6. The van der Waals surface area contributed by atoms with Crippen molar-refractivity contribution in [1.29, 1.82) is 0 Å². The van der Waals surface area contributed by atoms with E-state index >= 15 is 0 Å². The number of hydrogen-bond donors (Lipinski definition) is 1. The SMILES string of the molecule is Cc1cc(N(C)C(=O)N(C)C)cc(C)c1/C=C/ON1CCC2(CC1)N=C(c1cccc(OF)c1)NC2=O. The highest BCUT2D eigenvalue weighted by Gasteiger charge is 2.46. The Labute approximate surface area is 216 Å². The fraction of sp³-hybridized carbons (Fsp3) is 0.370. The van der Waals surface area contributed by atoms with E-state index in [-0.39, 0.29) is 17.7 Å². The van der Waals surface area contributed by atoms with Gasteiger partial charge in [-0.3, -0.25) is 19.6 Å². The third-order valence-corrected chi connectivity index (χ3v) is 6.81. The Morgan fingerprint density at radius 2 is 1.81 bits per heavy atom. The summed E-state index contributed by atoms with van der Waals surface area (Å²) in [5.74, 6) is 0.318. The van der Waals surface area contributed by atoms with Gasteiger partial charge in [-0.25, -0.2) is 4.79 Å². The van der Waals surface area contributed by atoms with Crippen molar-refractivity contribution < 1.29 is 23.9 Å². The van der Waals surface area contributed by atoms with Gasteiger partial charge in [0.25, 0.3) is 5.91 Å². The third-order valence-electron chi connectivity index (χ3n) is 6.81. The number of nitrogens with zero attached hydrogens (tertiary/aromatic N) is 4. The highest BCUT2D eigenvalue weighted by molar-refractivity contribution is 6.15. The van der Waals surface area contributed by atoms with Crippen molar-refractivity contribution in [3.63, 3.8) is 0 Å². The molecule has 0 bridgehead atoms. The van der Waals surface area contributed by atoms with Gasteiger partial charge in [-0.15, -0.1) is 5.06 Å². The summed E-state index contributed by atoms with van der Waals surface area (Å²) in [4.78, 5) is 42.6. The predicted molar refractivity (Wildman–Crippen MR) is 140 cm³/mol. The van der Waals surface area contributed by atoms with Gasteiger partial charge in [0, 0.05) is 50.0 Å². The zero-order valence-electron chi connectivity index (χ0n) is 21.7. The van der Waals surface area contributed by atoms with Gasteiger partial charge >= 0.3 is 6.03 Å². The molecule has 1 fully saturated rings. The molecule has 2 heterocycles. The second-order valence-corrected chi connectivity index (χ2v) is 9.62. The zero-order chi connectivity index (χ0) is 26.7. The van der Waals surface area contributed by atoms with Crippen molar-refractivity contribution in [2.24, 2.45) is 4.99 Å². The molecule has 1 spiro atoms. The monoisotopic (exact) mass is 509 g/mol. The van der Waals surface area contributed by atoms with Gasteiger partial charge in [-0.2, -0.15) is 0 Å². The number of amidine groups is 1. The van der Waals surface area contributed by atoms with E-state index in [0.717, 1.165) is 22.4 Å². The molecule has 4 rings (SSSR count). The molecular weight excluding hydrogens is 477 g/mol. The lowest BCUT2D eigenvalue weighted by atomic mass is 9.89. The molecule has 9 nitrogen and oxygen atoms in total. The number of hydroxylamine groups is 2. The van der Waals surface area contributed by atoms with Crippen LogP contribution in [0.3, 0.4) is 0 Å².